The second-order valence-corrected chi connectivity index (χ2v) is 5.59. The van der Waals surface area contributed by atoms with Gasteiger partial charge in [-0.15, -0.1) is 4.68 Å². The highest BCUT2D eigenvalue weighted by molar-refractivity contribution is 6.18. The third-order valence-corrected chi connectivity index (χ3v) is 4.31. The van der Waals surface area contributed by atoms with Gasteiger partial charge in [0.2, 0.25) is 0 Å². The molecule has 0 amide bonds. The van der Waals surface area contributed by atoms with Crippen LogP contribution in [0.5, 0.6) is 11.5 Å². The van der Waals surface area contributed by atoms with Crippen LogP contribution in [0.3, 0.4) is 0 Å². The van der Waals surface area contributed by atoms with Crippen molar-refractivity contribution in [1.82, 2.24) is 4.68 Å². The Morgan fingerprint density at radius 3 is 2.46 bits per heavy atom. The topological polar surface area (TPSA) is 62.7 Å². The Morgan fingerprint density at radius 2 is 1.75 bits per heavy atom. The van der Waals surface area contributed by atoms with Crippen LogP contribution in [-0.4, -0.2) is 31.2 Å². The lowest BCUT2D eigenvalue weighted by atomic mass is 10.0. The van der Waals surface area contributed by atoms with Crippen LogP contribution in [0.2, 0.25) is 0 Å². The van der Waals surface area contributed by atoms with E-state index in [2.05, 4.69) is 4.99 Å². The second-order valence-electron chi connectivity index (χ2n) is 5.59. The van der Waals surface area contributed by atoms with Crippen LogP contribution >= 0.6 is 0 Å². The number of ether oxygens (including phenoxy) is 2. The van der Waals surface area contributed by atoms with Gasteiger partial charge in [-0.3, -0.25) is 4.99 Å². The normalized spacial score (nSPS) is 13.5. The Labute approximate surface area is 139 Å². The molecule has 0 aliphatic carbocycles. The minimum absolute atomic E-state index is 0.565. The summed E-state index contributed by atoms with van der Waals surface area (Å²) in [6, 6.07) is 13.3. The molecule has 0 N–H and O–H groups in total. The molecule has 1 aliphatic rings. The van der Waals surface area contributed by atoms with Gasteiger partial charge in [0.1, 0.15) is 17.2 Å². The molecule has 0 fully saturated rings. The SMILES string of the molecule is COc1ccc(C2=NCCn3c2c2ccc(OC)cc2[n+]3[O-])cc1. The number of rotatable bonds is 3. The Bertz CT molecular complexity index is 942. The van der Waals surface area contributed by atoms with E-state index >= 15 is 0 Å². The number of hydrogen-bond donors (Lipinski definition) is 0. The zero-order valence-corrected chi connectivity index (χ0v) is 13.5. The predicted molar refractivity (Wildman–Crippen MR) is 91.0 cm³/mol. The molecule has 0 radical (unpaired) electrons. The zero-order chi connectivity index (χ0) is 16.7. The van der Waals surface area contributed by atoms with Gasteiger partial charge < -0.3 is 14.7 Å². The van der Waals surface area contributed by atoms with E-state index in [0.717, 1.165) is 32.9 Å². The zero-order valence-electron chi connectivity index (χ0n) is 13.5. The summed E-state index contributed by atoms with van der Waals surface area (Å²) < 4.78 is 12.2. The number of nitrogens with zero attached hydrogens (tertiary/aromatic N) is 3. The minimum Gasteiger partial charge on any atom is -0.595 e. The van der Waals surface area contributed by atoms with E-state index in [-0.39, 0.29) is 0 Å². The highest BCUT2D eigenvalue weighted by atomic mass is 16.5. The lowest BCUT2D eigenvalue weighted by Gasteiger charge is -2.14. The highest BCUT2D eigenvalue weighted by Gasteiger charge is 2.28. The molecule has 4 rings (SSSR count). The summed E-state index contributed by atoms with van der Waals surface area (Å²) in [6.07, 6.45) is 0. The highest BCUT2D eigenvalue weighted by Crippen LogP contribution is 2.27. The standard InChI is InChI=1S/C18H17N3O3/c1-23-13-5-3-12(4-6-13)17-18-15-8-7-14(24-2)11-16(15)21(22)20(18)10-9-19-17/h3-8,11H,9-10H2,1-2H3. The first kappa shape index (κ1) is 14.6. The van der Waals surface area contributed by atoms with E-state index in [9.17, 15) is 5.21 Å². The maximum Gasteiger partial charge on any atom is 0.255 e. The van der Waals surface area contributed by atoms with Gasteiger partial charge in [-0.2, -0.15) is 0 Å². The molecule has 0 unspecified atom stereocenters. The first-order valence-corrected chi connectivity index (χ1v) is 7.72. The molecule has 2 aromatic carbocycles. The Hall–Kier alpha value is -3.02. The predicted octanol–water partition coefficient (Wildman–Crippen LogP) is 2.14. The number of methoxy groups -OCH3 is 2. The van der Waals surface area contributed by atoms with E-state index in [1.54, 1.807) is 25.0 Å². The molecule has 24 heavy (non-hydrogen) atoms. The quantitative estimate of drug-likeness (QED) is 0.548. The molecular formula is C18H17N3O3. The summed E-state index contributed by atoms with van der Waals surface area (Å²) in [5.41, 5.74) is 3.23. The van der Waals surface area contributed by atoms with Gasteiger partial charge in [-0.1, -0.05) is 4.85 Å². The van der Waals surface area contributed by atoms with E-state index in [1.807, 2.05) is 36.4 Å². The van der Waals surface area contributed by atoms with Gasteiger partial charge in [-0.25, -0.2) is 0 Å². The molecule has 6 nitrogen and oxygen atoms in total. The molecule has 122 valence electrons. The van der Waals surface area contributed by atoms with Crippen molar-refractivity contribution in [3.63, 3.8) is 0 Å². The third-order valence-electron chi connectivity index (χ3n) is 4.31. The molecular weight excluding hydrogens is 306 g/mol. The fraction of sp³-hybridized carbons (Fsp3) is 0.222. The van der Waals surface area contributed by atoms with Crippen molar-refractivity contribution >= 4 is 16.6 Å². The van der Waals surface area contributed by atoms with E-state index in [4.69, 9.17) is 9.47 Å². The summed E-state index contributed by atoms with van der Waals surface area (Å²) in [4.78, 5) is 5.61. The van der Waals surface area contributed by atoms with Crippen LogP contribution in [-0.2, 0) is 6.54 Å². The lowest BCUT2D eigenvalue weighted by molar-refractivity contribution is -0.670. The van der Waals surface area contributed by atoms with E-state index < -0.39 is 0 Å². The average Bonchev–Trinajstić information content (AvgIpc) is 2.94. The lowest BCUT2D eigenvalue weighted by Crippen LogP contribution is -2.41. The molecule has 0 spiro atoms. The Morgan fingerprint density at radius 1 is 1.04 bits per heavy atom. The van der Waals surface area contributed by atoms with Crippen molar-refractivity contribution < 1.29 is 14.3 Å². The number of aliphatic imine (C=N–C) groups is 1. The van der Waals surface area contributed by atoms with Gasteiger partial charge in [0, 0.05) is 5.56 Å². The molecule has 0 atom stereocenters. The van der Waals surface area contributed by atoms with E-state index in [1.165, 1.54) is 0 Å². The van der Waals surface area contributed by atoms with Crippen molar-refractivity contribution in [3.8, 4) is 11.5 Å². The van der Waals surface area contributed by atoms with E-state index in [0.29, 0.717) is 24.4 Å². The largest absolute Gasteiger partial charge is 0.595 e. The summed E-state index contributed by atoms with van der Waals surface area (Å²) in [5, 5.41) is 13.5. The first-order chi connectivity index (χ1) is 11.7. The molecule has 3 aromatic rings. The minimum atomic E-state index is 0.565. The van der Waals surface area contributed by atoms with Crippen molar-refractivity contribution in [2.45, 2.75) is 6.54 Å². The third kappa shape index (κ3) is 2.11. The molecule has 0 saturated heterocycles. The summed E-state index contributed by atoms with van der Waals surface area (Å²) >= 11 is 0. The summed E-state index contributed by atoms with van der Waals surface area (Å²) in [7, 11) is 3.23. The molecule has 6 heteroatoms. The van der Waals surface area contributed by atoms with Gasteiger partial charge in [-0.05, 0) is 36.4 Å². The van der Waals surface area contributed by atoms with Crippen LogP contribution in [0.1, 0.15) is 11.3 Å². The summed E-state index contributed by atoms with van der Waals surface area (Å²) in [5.74, 6) is 1.46. The van der Waals surface area contributed by atoms with Crippen LogP contribution in [0.25, 0.3) is 10.9 Å². The maximum absolute atomic E-state index is 12.7. The smallest absolute Gasteiger partial charge is 0.255 e. The Balaban J connectivity index is 1.91. The number of hydrogen-bond acceptors (Lipinski definition) is 4. The second kappa shape index (κ2) is 5.56. The van der Waals surface area contributed by atoms with Crippen LogP contribution in [0.15, 0.2) is 47.5 Å². The number of aromatic nitrogens is 2. The maximum atomic E-state index is 12.7. The number of benzene rings is 2. The number of fused-ring (bicyclic) bond motifs is 3. The van der Waals surface area contributed by atoms with Gasteiger partial charge >= 0.3 is 0 Å². The van der Waals surface area contributed by atoms with Crippen LogP contribution in [0, 0.1) is 5.21 Å². The van der Waals surface area contributed by atoms with Gasteiger partial charge in [0.25, 0.3) is 5.52 Å². The molecule has 2 heterocycles. The first-order valence-electron chi connectivity index (χ1n) is 7.72. The molecule has 0 bridgehead atoms. The van der Waals surface area contributed by atoms with Gasteiger partial charge in [0.15, 0.2) is 0 Å². The average molecular weight is 323 g/mol. The Kier molecular flexibility index (Phi) is 3.37. The van der Waals surface area contributed by atoms with Crippen molar-refractivity contribution in [2.75, 3.05) is 20.8 Å². The van der Waals surface area contributed by atoms with Crippen molar-refractivity contribution in [1.29, 1.82) is 0 Å². The molecule has 1 aromatic heterocycles. The van der Waals surface area contributed by atoms with Crippen LogP contribution in [0.4, 0.5) is 0 Å². The van der Waals surface area contributed by atoms with Crippen molar-refractivity contribution in [3.05, 3.63) is 58.9 Å². The van der Waals surface area contributed by atoms with Gasteiger partial charge in [0.05, 0.1) is 44.5 Å². The summed E-state index contributed by atoms with van der Waals surface area (Å²) in [6.45, 7) is 1.14. The molecule has 1 aliphatic heterocycles. The fourth-order valence-corrected chi connectivity index (χ4v) is 3.12. The fourth-order valence-electron chi connectivity index (χ4n) is 3.12. The molecule has 0 saturated carbocycles. The van der Waals surface area contributed by atoms with Crippen molar-refractivity contribution in [2.24, 2.45) is 4.99 Å². The monoisotopic (exact) mass is 323 g/mol. The van der Waals surface area contributed by atoms with Crippen LogP contribution < -0.4 is 14.3 Å².